The van der Waals surface area contributed by atoms with E-state index in [2.05, 4.69) is 50.4 Å². The number of methoxy groups -OCH3 is 2. The van der Waals surface area contributed by atoms with Crippen molar-refractivity contribution >= 4 is 32.5 Å². The third-order valence-electron chi connectivity index (χ3n) is 4.99. The number of pyridine rings is 1. The predicted octanol–water partition coefficient (Wildman–Crippen LogP) is 4.17. The molecule has 0 aliphatic carbocycles. The maximum atomic E-state index is 5.50. The van der Waals surface area contributed by atoms with Crippen molar-refractivity contribution in [2.45, 2.75) is 6.04 Å². The number of hydrogen-bond acceptors (Lipinski definition) is 5. The van der Waals surface area contributed by atoms with Crippen LogP contribution in [0.5, 0.6) is 11.5 Å². The van der Waals surface area contributed by atoms with Gasteiger partial charge < -0.3 is 19.7 Å². The van der Waals surface area contributed by atoms with Crippen LogP contribution in [0.1, 0.15) is 11.6 Å². The average molecular weight is 428 g/mol. The van der Waals surface area contributed by atoms with Crippen molar-refractivity contribution in [2.24, 2.45) is 0 Å². The topological polar surface area (TPSA) is 46.6 Å². The van der Waals surface area contributed by atoms with E-state index >= 15 is 0 Å². The highest BCUT2D eigenvalue weighted by Gasteiger charge is 2.23. The van der Waals surface area contributed by atoms with E-state index in [1.165, 1.54) is 5.56 Å². The van der Waals surface area contributed by atoms with E-state index in [9.17, 15) is 0 Å². The third-order valence-corrected chi connectivity index (χ3v) is 5.52. The van der Waals surface area contributed by atoms with E-state index in [0.29, 0.717) is 0 Å². The number of halogens is 1. The average Bonchev–Trinajstić information content (AvgIpc) is 2.72. The molecule has 0 spiro atoms. The van der Waals surface area contributed by atoms with Crippen LogP contribution in [0.25, 0.3) is 10.8 Å². The van der Waals surface area contributed by atoms with Crippen LogP contribution in [0, 0.1) is 0 Å². The second-order valence-electron chi connectivity index (χ2n) is 6.57. The molecular weight excluding hydrogens is 406 g/mol. The molecule has 1 saturated heterocycles. The monoisotopic (exact) mass is 427 g/mol. The Hall–Kier alpha value is -2.31. The molecule has 1 aliphatic heterocycles. The lowest BCUT2D eigenvalue weighted by Gasteiger charge is -2.35. The molecule has 1 aliphatic rings. The van der Waals surface area contributed by atoms with Gasteiger partial charge in [-0.25, -0.2) is 4.98 Å². The SMILES string of the molecule is COc1cc2ccnc(N3CCNC(c4ccc(Br)cc4)C3)c2cc1OC. The van der Waals surface area contributed by atoms with Crippen molar-refractivity contribution in [3.63, 3.8) is 0 Å². The summed E-state index contributed by atoms with van der Waals surface area (Å²) in [6, 6.07) is 14.8. The van der Waals surface area contributed by atoms with Crippen LogP contribution < -0.4 is 19.7 Å². The zero-order valence-electron chi connectivity index (χ0n) is 15.4. The second-order valence-corrected chi connectivity index (χ2v) is 7.48. The summed E-state index contributed by atoms with van der Waals surface area (Å²) in [5, 5.41) is 5.78. The lowest BCUT2D eigenvalue weighted by molar-refractivity contribution is 0.356. The normalized spacial score (nSPS) is 17.1. The maximum Gasteiger partial charge on any atom is 0.161 e. The summed E-state index contributed by atoms with van der Waals surface area (Å²) < 4.78 is 12.0. The summed E-state index contributed by atoms with van der Waals surface area (Å²) in [7, 11) is 3.32. The molecule has 5 nitrogen and oxygen atoms in total. The van der Waals surface area contributed by atoms with Crippen molar-refractivity contribution in [3.05, 3.63) is 58.7 Å². The minimum atomic E-state index is 0.268. The van der Waals surface area contributed by atoms with E-state index in [1.54, 1.807) is 14.2 Å². The number of anilines is 1. The number of aromatic nitrogens is 1. The molecule has 3 aromatic rings. The first-order valence-electron chi connectivity index (χ1n) is 8.94. The minimum Gasteiger partial charge on any atom is -0.493 e. The molecule has 27 heavy (non-hydrogen) atoms. The fourth-order valence-electron chi connectivity index (χ4n) is 3.60. The summed E-state index contributed by atoms with van der Waals surface area (Å²) in [5.41, 5.74) is 1.28. The van der Waals surface area contributed by atoms with Crippen LogP contribution in [0.15, 0.2) is 53.1 Å². The fourth-order valence-corrected chi connectivity index (χ4v) is 3.86. The van der Waals surface area contributed by atoms with Gasteiger partial charge in [0, 0.05) is 41.7 Å². The third kappa shape index (κ3) is 3.59. The zero-order valence-corrected chi connectivity index (χ0v) is 17.0. The Labute approximate surface area is 167 Å². The lowest BCUT2D eigenvalue weighted by atomic mass is 10.0. The van der Waals surface area contributed by atoms with Gasteiger partial charge in [-0.15, -0.1) is 0 Å². The Morgan fingerprint density at radius 3 is 2.56 bits per heavy atom. The van der Waals surface area contributed by atoms with Crippen LogP contribution in [0.2, 0.25) is 0 Å². The molecule has 0 bridgehead atoms. The van der Waals surface area contributed by atoms with Crippen molar-refractivity contribution < 1.29 is 9.47 Å². The van der Waals surface area contributed by atoms with Crippen LogP contribution in [-0.2, 0) is 0 Å². The van der Waals surface area contributed by atoms with E-state index < -0.39 is 0 Å². The van der Waals surface area contributed by atoms with Gasteiger partial charge in [-0.3, -0.25) is 0 Å². The van der Waals surface area contributed by atoms with Crippen LogP contribution in [0.4, 0.5) is 5.82 Å². The molecule has 1 N–H and O–H groups in total. The molecular formula is C21H22BrN3O2. The number of nitrogens with one attached hydrogen (secondary N) is 1. The minimum absolute atomic E-state index is 0.268. The highest BCUT2D eigenvalue weighted by atomic mass is 79.9. The van der Waals surface area contributed by atoms with Crippen LogP contribution in [-0.4, -0.2) is 38.8 Å². The molecule has 6 heteroatoms. The van der Waals surface area contributed by atoms with Gasteiger partial charge in [0.1, 0.15) is 5.82 Å². The molecule has 0 radical (unpaired) electrons. The molecule has 1 atom stereocenters. The molecule has 2 heterocycles. The quantitative estimate of drug-likeness (QED) is 0.676. The van der Waals surface area contributed by atoms with Gasteiger partial charge in [-0.2, -0.15) is 0 Å². The number of ether oxygens (including phenoxy) is 2. The Balaban J connectivity index is 1.69. The van der Waals surface area contributed by atoms with E-state index in [4.69, 9.17) is 14.5 Å². The first-order chi connectivity index (χ1) is 13.2. The predicted molar refractivity (Wildman–Crippen MR) is 112 cm³/mol. The highest BCUT2D eigenvalue weighted by molar-refractivity contribution is 9.10. The van der Waals surface area contributed by atoms with Crippen molar-refractivity contribution in [2.75, 3.05) is 38.8 Å². The number of fused-ring (bicyclic) bond motifs is 1. The number of nitrogens with zero attached hydrogens (tertiary/aromatic N) is 2. The van der Waals surface area contributed by atoms with Gasteiger partial charge in [0.15, 0.2) is 11.5 Å². The van der Waals surface area contributed by atoms with Crippen molar-refractivity contribution in [1.29, 1.82) is 0 Å². The highest BCUT2D eigenvalue weighted by Crippen LogP contribution is 2.36. The zero-order chi connectivity index (χ0) is 18.8. The second kappa shape index (κ2) is 7.74. The van der Waals surface area contributed by atoms with Gasteiger partial charge in [-0.1, -0.05) is 28.1 Å². The Bertz CT molecular complexity index is 946. The standard InChI is InChI=1S/C21H22BrN3O2/c1-26-19-11-15-7-8-24-21(17(15)12-20(19)27-2)25-10-9-23-18(13-25)14-3-5-16(22)6-4-14/h3-8,11-12,18,23H,9-10,13H2,1-2H3. The van der Waals surface area contributed by atoms with Gasteiger partial charge in [0.25, 0.3) is 0 Å². The molecule has 1 fully saturated rings. The molecule has 0 amide bonds. The fraction of sp³-hybridized carbons (Fsp3) is 0.286. The summed E-state index contributed by atoms with van der Waals surface area (Å²) >= 11 is 3.51. The molecule has 1 unspecified atom stereocenters. The summed E-state index contributed by atoms with van der Waals surface area (Å²) in [6.45, 7) is 2.68. The molecule has 4 rings (SSSR count). The van der Waals surface area contributed by atoms with Crippen molar-refractivity contribution in [1.82, 2.24) is 10.3 Å². The summed E-state index contributed by atoms with van der Waals surface area (Å²) in [6.07, 6.45) is 1.86. The van der Waals surface area contributed by atoms with Crippen LogP contribution in [0.3, 0.4) is 0 Å². The van der Waals surface area contributed by atoms with E-state index in [1.807, 2.05) is 24.4 Å². The van der Waals surface area contributed by atoms with Gasteiger partial charge >= 0.3 is 0 Å². The molecule has 2 aromatic carbocycles. The van der Waals surface area contributed by atoms with Gasteiger partial charge in [0.2, 0.25) is 0 Å². The van der Waals surface area contributed by atoms with E-state index in [0.717, 1.165) is 52.2 Å². The number of rotatable bonds is 4. The first-order valence-corrected chi connectivity index (χ1v) is 9.73. The number of piperazine rings is 1. The summed E-state index contributed by atoms with van der Waals surface area (Å²) in [5.74, 6) is 2.44. The van der Waals surface area contributed by atoms with Crippen LogP contribution >= 0.6 is 15.9 Å². The maximum absolute atomic E-state index is 5.50. The molecule has 0 saturated carbocycles. The van der Waals surface area contributed by atoms with Gasteiger partial charge in [-0.05, 0) is 41.3 Å². The van der Waals surface area contributed by atoms with E-state index in [-0.39, 0.29) is 6.04 Å². The van der Waals surface area contributed by atoms with Gasteiger partial charge in [0.05, 0.1) is 14.2 Å². The number of hydrogen-bond donors (Lipinski definition) is 1. The smallest absolute Gasteiger partial charge is 0.161 e. The summed E-state index contributed by atoms with van der Waals surface area (Å²) in [4.78, 5) is 7.04. The van der Waals surface area contributed by atoms with Crippen molar-refractivity contribution in [3.8, 4) is 11.5 Å². The Morgan fingerprint density at radius 2 is 1.81 bits per heavy atom. The first kappa shape index (κ1) is 18.1. The molecule has 1 aromatic heterocycles. The molecule has 140 valence electrons. The Morgan fingerprint density at radius 1 is 1.07 bits per heavy atom. The largest absolute Gasteiger partial charge is 0.493 e. The lowest BCUT2D eigenvalue weighted by Crippen LogP contribution is -2.46. The number of benzene rings is 2. The Kier molecular flexibility index (Phi) is 5.18.